The van der Waals surface area contributed by atoms with Crippen molar-refractivity contribution in [1.29, 1.82) is 0 Å². The summed E-state index contributed by atoms with van der Waals surface area (Å²) < 4.78 is 1.92. The second-order valence-corrected chi connectivity index (χ2v) is 8.65. The summed E-state index contributed by atoms with van der Waals surface area (Å²) in [4.78, 5) is 19.0. The second-order valence-electron chi connectivity index (χ2n) is 7.35. The van der Waals surface area contributed by atoms with Crippen LogP contribution in [0.25, 0.3) is 21.1 Å². The number of pyridine rings is 1. The van der Waals surface area contributed by atoms with Gasteiger partial charge in [-0.3, -0.25) is 0 Å². The zero-order chi connectivity index (χ0) is 21.4. The quantitative estimate of drug-likeness (QED) is 0.360. The van der Waals surface area contributed by atoms with E-state index in [4.69, 9.17) is 16.6 Å². The van der Waals surface area contributed by atoms with E-state index in [9.17, 15) is 0 Å². The highest BCUT2D eigenvalue weighted by molar-refractivity contribution is 7.16. The summed E-state index contributed by atoms with van der Waals surface area (Å²) in [5.74, 6) is 1.57. The minimum absolute atomic E-state index is 0.0554. The molecule has 0 aliphatic carbocycles. The Morgan fingerprint density at radius 1 is 1.16 bits per heavy atom. The summed E-state index contributed by atoms with van der Waals surface area (Å²) in [6.45, 7) is 2.66. The number of thiophene rings is 1. The molecule has 5 aromatic rings. The maximum absolute atomic E-state index is 6.43. The fourth-order valence-corrected chi connectivity index (χ4v) is 4.53. The smallest absolute Gasteiger partial charge is 0.138 e. The van der Waals surface area contributed by atoms with Gasteiger partial charge in [-0.1, -0.05) is 23.7 Å². The lowest BCUT2D eigenvalue weighted by Crippen LogP contribution is -2.13. The number of nitrogens with zero attached hydrogens (tertiary/aromatic N) is 5. The van der Waals surface area contributed by atoms with E-state index in [1.54, 1.807) is 24.0 Å². The third kappa shape index (κ3) is 3.92. The number of hydrogen-bond donors (Lipinski definition) is 2. The number of fused-ring (bicyclic) bond motifs is 2. The number of rotatable bonds is 6. The van der Waals surface area contributed by atoms with E-state index < -0.39 is 0 Å². The molecular formula is C22H20ClN7S. The molecule has 0 radical (unpaired) electrons. The van der Waals surface area contributed by atoms with Gasteiger partial charge in [0.1, 0.15) is 22.8 Å². The highest BCUT2D eigenvalue weighted by Crippen LogP contribution is 2.32. The molecule has 0 saturated heterocycles. The first kappa shape index (κ1) is 19.7. The first-order valence-electron chi connectivity index (χ1n) is 9.83. The lowest BCUT2D eigenvalue weighted by molar-refractivity contribution is 0.868. The molecule has 0 spiro atoms. The largest absolute Gasteiger partial charge is 0.364 e. The van der Waals surface area contributed by atoms with E-state index in [2.05, 4.69) is 38.6 Å². The van der Waals surface area contributed by atoms with Gasteiger partial charge in [0.15, 0.2) is 0 Å². The van der Waals surface area contributed by atoms with E-state index in [-0.39, 0.29) is 6.04 Å². The molecule has 2 N–H and O–H groups in total. The van der Waals surface area contributed by atoms with Gasteiger partial charge in [-0.05, 0) is 30.5 Å². The Bertz CT molecular complexity index is 1380. The van der Waals surface area contributed by atoms with E-state index in [0.717, 1.165) is 44.0 Å². The molecule has 0 saturated carbocycles. The van der Waals surface area contributed by atoms with Gasteiger partial charge in [0.2, 0.25) is 0 Å². The molecule has 156 valence electrons. The summed E-state index contributed by atoms with van der Waals surface area (Å²) in [6.07, 6.45) is 5.36. The van der Waals surface area contributed by atoms with Gasteiger partial charge in [-0.2, -0.15) is 0 Å². The van der Waals surface area contributed by atoms with Crippen molar-refractivity contribution in [2.45, 2.75) is 19.5 Å². The van der Waals surface area contributed by atoms with Crippen LogP contribution in [-0.4, -0.2) is 24.5 Å². The third-order valence-electron chi connectivity index (χ3n) is 5.10. The van der Waals surface area contributed by atoms with Crippen LogP contribution in [0.3, 0.4) is 0 Å². The maximum atomic E-state index is 6.43. The number of aromatic nitrogens is 5. The van der Waals surface area contributed by atoms with Crippen LogP contribution in [0, 0.1) is 0 Å². The maximum Gasteiger partial charge on any atom is 0.138 e. The first-order chi connectivity index (χ1) is 15.1. The van der Waals surface area contributed by atoms with Gasteiger partial charge in [-0.25, -0.2) is 19.9 Å². The molecule has 9 heteroatoms. The Kier molecular flexibility index (Phi) is 5.17. The Morgan fingerprint density at radius 3 is 2.90 bits per heavy atom. The Balaban J connectivity index is 1.52. The molecule has 0 bridgehead atoms. The molecule has 7 nitrogen and oxygen atoms in total. The molecule has 5 rings (SSSR count). The minimum Gasteiger partial charge on any atom is -0.364 e. The number of anilines is 2. The average Bonchev–Trinajstić information content (AvgIpc) is 3.41. The molecule has 0 fully saturated rings. The van der Waals surface area contributed by atoms with Crippen LogP contribution in [0.1, 0.15) is 24.2 Å². The number of aryl methyl sites for hydroxylation is 1. The van der Waals surface area contributed by atoms with Crippen LogP contribution in [-0.2, 0) is 13.6 Å². The average molecular weight is 450 g/mol. The summed E-state index contributed by atoms with van der Waals surface area (Å²) in [7, 11) is 1.95. The number of halogens is 1. The zero-order valence-corrected chi connectivity index (χ0v) is 18.6. The van der Waals surface area contributed by atoms with Crippen LogP contribution in [0.5, 0.6) is 0 Å². The predicted octanol–water partition coefficient (Wildman–Crippen LogP) is 5.41. The van der Waals surface area contributed by atoms with Crippen molar-refractivity contribution in [3.63, 3.8) is 0 Å². The molecule has 1 aromatic carbocycles. The summed E-state index contributed by atoms with van der Waals surface area (Å²) in [5, 5.41) is 11.6. The monoisotopic (exact) mass is 449 g/mol. The minimum atomic E-state index is -0.0554. The highest BCUT2D eigenvalue weighted by Gasteiger charge is 2.17. The van der Waals surface area contributed by atoms with Gasteiger partial charge >= 0.3 is 0 Å². The van der Waals surface area contributed by atoms with E-state index in [1.165, 1.54) is 0 Å². The molecule has 31 heavy (non-hydrogen) atoms. The summed E-state index contributed by atoms with van der Waals surface area (Å²) >= 11 is 8.03. The summed E-state index contributed by atoms with van der Waals surface area (Å²) in [5.41, 5.74) is 2.73. The van der Waals surface area contributed by atoms with Gasteiger partial charge in [0.05, 0.1) is 40.5 Å². The van der Waals surface area contributed by atoms with E-state index >= 15 is 0 Å². The van der Waals surface area contributed by atoms with Crippen molar-refractivity contribution in [2.24, 2.45) is 7.05 Å². The van der Waals surface area contributed by atoms with Crippen molar-refractivity contribution in [3.05, 3.63) is 70.8 Å². The standard InChI is InChI=1S/C22H20ClN7S/c1-13(28-20-16-6-7-31-22(16)26-11-25-20)17-8-14-4-3-5-18(23)19(14)29-21(17)24-9-15-10-30(2)12-27-15/h3-8,10-13H,9H2,1-2H3,(H,24,29)(H,25,26,28). The molecular weight excluding hydrogens is 430 g/mol. The highest BCUT2D eigenvalue weighted by atomic mass is 35.5. The van der Waals surface area contributed by atoms with Crippen molar-refractivity contribution in [1.82, 2.24) is 24.5 Å². The van der Waals surface area contributed by atoms with E-state index in [1.807, 2.05) is 47.5 Å². The van der Waals surface area contributed by atoms with Crippen LogP contribution >= 0.6 is 22.9 Å². The van der Waals surface area contributed by atoms with Crippen LogP contribution in [0.15, 0.2) is 54.6 Å². The topological polar surface area (TPSA) is 80.5 Å². The van der Waals surface area contributed by atoms with Crippen molar-refractivity contribution < 1.29 is 0 Å². The number of benzene rings is 1. The SMILES string of the molecule is CC(Nc1ncnc2sccc12)c1cc2cccc(Cl)c2nc1NCc1cn(C)cn1. The second kappa shape index (κ2) is 8.13. The van der Waals surface area contributed by atoms with Crippen molar-refractivity contribution in [2.75, 3.05) is 10.6 Å². The normalized spacial score (nSPS) is 12.4. The van der Waals surface area contributed by atoms with Gasteiger partial charge in [-0.15, -0.1) is 11.3 Å². The molecule has 4 heterocycles. The van der Waals surface area contributed by atoms with Gasteiger partial charge < -0.3 is 15.2 Å². The summed E-state index contributed by atoms with van der Waals surface area (Å²) in [6, 6.07) is 9.92. The van der Waals surface area contributed by atoms with Crippen molar-refractivity contribution >= 4 is 55.7 Å². The fraction of sp³-hybridized carbons (Fsp3) is 0.182. The Morgan fingerprint density at radius 2 is 2.06 bits per heavy atom. The Labute approximate surface area is 188 Å². The van der Waals surface area contributed by atoms with Crippen LogP contribution in [0.4, 0.5) is 11.6 Å². The van der Waals surface area contributed by atoms with Crippen molar-refractivity contribution in [3.8, 4) is 0 Å². The molecule has 0 aliphatic rings. The molecule has 4 aromatic heterocycles. The number of para-hydroxylation sites is 1. The molecule has 1 atom stereocenters. The first-order valence-corrected chi connectivity index (χ1v) is 11.1. The fourth-order valence-electron chi connectivity index (χ4n) is 3.57. The third-order valence-corrected chi connectivity index (χ3v) is 6.23. The lowest BCUT2D eigenvalue weighted by Gasteiger charge is -2.20. The van der Waals surface area contributed by atoms with Crippen LogP contribution < -0.4 is 10.6 Å². The number of nitrogens with one attached hydrogen (secondary N) is 2. The number of hydrogen-bond acceptors (Lipinski definition) is 7. The molecule has 0 aliphatic heterocycles. The molecule has 1 unspecified atom stereocenters. The Hall–Kier alpha value is -3.23. The predicted molar refractivity (Wildman–Crippen MR) is 127 cm³/mol. The van der Waals surface area contributed by atoms with Crippen LogP contribution in [0.2, 0.25) is 5.02 Å². The number of imidazole rings is 1. The zero-order valence-electron chi connectivity index (χ0n) is 17.0. The van der Waals surface area contributed by atoms with E-state index in [0.29, 0.717) is 11.6 Å². The lowest BCUT2D eigenvalue weighted by atomic mass is 10.1. The van der Waals surface area contributed by atoms with Gasteiger partial charge in [0, 0.05) is 24.2 Å². The molecule has 0 amide bonds. The van der Waals surface area contributed by atoms with Gasteiger partial charge in [0.25, 0.3) is 0 Å².